The van der Waals surface area contributed by atoms with E-state index < -0.39 is 11.9 Å². The van der Waals surface area contributed by atoms with Gasteiger partial charge in [0.1, 0.15) is 0 Å². The Balaban J connectivity index is 1.90. The highest BCUT2D eigenvalue weighted by Gasteiger charge is 2.18. The first-order valence-corrected chi connectivity index (χ1v) is 9.36. The zero-order chi connectivity index (χ0) is 20.4. The van der Waals surface area contributed by atoms with Gasteiger partial charge in [0.05, 0.1) is 24.0 Å². The molecule has 9 heteroatoms. The summed E-state index contributed by atoms with van der Waals surface area (Å²) in [5, 5.41) is 8.07. The summed E-state index contributed by atoms with van der Waals surface area (Å²) in [6, 6.07) is 6.80. The molecular formula is C19H23N3O5S. The van der Waals surface area contributed by atoms with Gasteiger partial charge in [-0.1, -0.05) is 12.1 Å². The summed E-state index contributed by atoms with van der Waals surface area (Å²) in [7, 11) is 0. The summed E-state index contributed by atoms with van der Waals surface area (Å²) in [4.78, 5) is 35.5. The van der Waals surface area contributed by atoms with Crippen LogP contribution in [-0.2, 0) is 19.1 Å². The van der Waals surface area contributed by atoms with Gasteiger partial charge in [-0.05, 0) is 44.1 Å². The molecule has 3 N–H and O–H groups in total. The molecule has 2 rings (SSSR count). The molecule has 1 aromatic rings. The van der Waals surface area contributed by atoms with Gasteiger partial charge in [0.15, 0.2) is 5.11 Å². The van der Waals surface area contributed by atoms with Crippen LogP contribution in [0.4, 0.5) is 5.69 Å². The summed E-state index contributed by atoms with van der Waals surface area (Å²) < 4.78 is 10.2. The zero-order valence-electron chi connectivity index (χ0n) is 15.5. The van der Waals surface area contributed by atoms with Gasteiger partial charge in [0, 0.05) is 25.3 Å². The van der Waals surface area contributed by atoms with E-state index in [-0.39, 0.29) is 23.7 Å². The smallest absolute Gasteiger partial charge is 0.330 e. The van der Waals surface area contributed by atoms with Crippen LogP contribution in [0.2, 0.25) is 0 Å². The Labute approximate surface area is 168 Å². The van der Waals surface area contributed by atoms with Gasteiger partial charge >= 0.3 is 5.97 Å². The number of hydrogen-bond acceptors (Lipinski definition) is 6. The van der Waals surface area contributed by atoms with Crippen molar-refractivity contribution in [1.29, 1.82) is 0 Å². The van der Waals surface area contributed by atoms with E-state index in [1.807, 2.05) is 0 Å². The Kier molecular flexibility index (Phi) is 8.57. The summed E-state index contributed by atoms with van der Waals surface area (Å²) >= 11 is 5.10. The lowest BCUT2D eigenvalue weighted by atomic mass is 10.1. The van der Waals surface area contributed by atoms with Crippen LogP contribution in [0, 0.1) is 0 Å². The van der Waals surface area contributed by atoms with Crippen LogP contribution in [0.3, 0.4) is 0 Å². The van der Waals surface area contributed by atoms with Gasteiger partial charge in [-0.2, -0.15) is 0 Å². The number of thiocarbonyl (C=S) groups is 1. The van der Waals surface area contributed by atoms with E-state index in [4.69, 9.17) is 17.0 Å². The van der Waals surface area contributed by atoms with Crippen molar-refractivity contribution in [2.75, 3.05) is 25.1 Å². The van der Waals surface area contributed by atoms with Crippen LogP contribution in [0.15, 0.2) is 36.4 Å². The minimum Gasteiger partial charge on any atom is -0.463 e. The molecule has 28 heavy (non-hydrogen) atoms. The molecule has 1 aromatic carbocycles. The van der Waals surface area contributed by atoms with Crippen molar-refractivity contribution in [1.82, 2.24) is 10.6 Å². The van der Waals surface area contributed by atoms with Crippen molar-refractivity contribution in [2.24, 2.45) is 0 Å². The third kappa shape index (κ3) is 7.09. The largest absolute Gasteiger partial charge is 0.463 e. The van der Waals surface area contributed by atoms with Crippen molar-refractivity contribution in [2.45, 2.75) is 25.9 Å². The van der Waals surface area contributed by atoms with Crippen molar-refractivity contribution >= 4 is 40.8 Å². The molecule has 0 saturated carbocycles. The Morgan fingerprint density at radius 1 is 1.29 bits per heavy atom. The van der Waals surface area contributed by atoms with E-state index in [1.165, 1.54) is 0 Å². The molecule has 1 atom stereocenters. The molecule has 150 valence electrons. The predicted octanol–water partition coefficient (Wildman–Crippen LogP) is 1.53. The number of carbonyl (C=O) groups excluding carboxylic acids is 3. The molecule has 0 radical (unpaired) electrons. The Hall–Kier alpha value is -2.78. The van der Waals surface area contributed by atoms with Crippen LogP contribution < -0.4 is 16.0 Å². The molecule has 0 bridgehead atoms. The number of ether oxygens (including phenoxy) is 2. The first-order valence-electron chi connectivity index (χ1n) is 8.95. The summed E-state index contributed by atoms with van der Waals surface area (Å²) in [5.41, 5.74) is 0.839. The SMILES string of the molecule is CCOC(=O)C=CC(=O)NC(=S)Nc1ccccc1C(=O)NCC1CCCO1. The van der Waals surface area contributed by atoms with E-state index >= 15 is 0 Å². The Morgan fingerprint density at radius 2 is 2.07 bits per heavy atom. The average Bonchev–Trinajstić information content (AvgIpc) is 3.18. The first-order chi connectivity index (χ1) is 13.5. The normalized spacial score (nSPS) is 15.8. The quantitative estimate of drug-likeness (QED) is 0.359. The van der Waals surface area contributed by atoms with Gasteiger partial charge in [-0.25, -0.2) is 4.79 Å². The fraction of sp³-hybridized carbons (Fsp3) is 0.368. The van der Waals surface area contributed by atoms with E-state index in [9.17, 15) is 14.4 Å². The molecule has 1 saturated heterocycles. The molecule has 1 unspecified atom stereocenters. The number of anilines is 1. The van der Waals surface area contributed by atoms with Crippen LogP contribution in [-0.4, -0.2) is 48.8 Å². The molecule has 0 spiro atoms. The van der Waals surface area contributed by atoms with Crippen molar-refractivity contribution in [3.63, 3.8) is 0 Å². The van der Waals surface area contributed by atoms with E-state index in [1.54, 1.807) is 31.2 Å². The highest BCUT2D eigenvalue weighted by atomic mass is 32.1. The first kappa shape index (κ1) is 21.5. The van der Waals surface area contributed by atoms with Crippen LogP contribution >= 0.6 is 12.2 Å². The monoisotopic (exact) mass is 405 g/mol. The highest BCUT2D eigenvalue weighted by molar-refractivity contribution is 7.80. The second kappa shape index (κ2) is 11.2. The fourth-order valence-corrected chi connectivity index (χ4v) is 2.75. The predicted molar refractivity (Wildman–Crippen MR) is 108 cm³/mol. The van der Waals surface area contributed by atoms with Gasteiger partial charge in [0.25, 0.3) is 5.91 Å². The standard InChI is InChI=1S/C19H23N3O5S/c1-2-26-17(24)10-9-16(23)22-19(28)21-15-8-4-3-7-14(15)18(25)20-12-13-6-5-11-27-13/h3-4,7-10,13H,2,5-6,11-12H2,1H3,(H,20,25)(H2,21,22,23,28). The van der Waals surface area contributed by atoms with Crippen molar-refractivity contribution in [3.8, 4) is 0 Å². The maximum atomic E-state index is 12.5. The third-order valence-corrected chi connectivity index (χ3v) is 4.03. The van der Waals surface area contributed by atoms with Crippen LogP contribution in [0.5, 0.6) is 0 Å². The molecule has 1 heterocycles. The topological polar surface area (TPSA) is 106 Å². The molecular weight excluding hydrogens is 382 g/mol. The maximum Gasteiger partial charge on any atom is 0.330 e. The Bertz CT molecular complexity index is 760. The van der Waals surface area contributed by atoms with E-state index in [0.29, 0.717) is 17.8 Å². The number of amides is 2. The molecule has 1 aliphatic heterocycles. The Morgan fingerprint density at radius 3 is 2.79 bits per heavy atom. The van der Waals surface area contributed by atoms with Crippen molar-refractivity contribution in [3.05, 3.63) is 42.0 Å². The minimum absolute atomic E-state index is 0.00196. The van der Waals surface area contributed by atoms with Crippen molar-refractivity contribution < 1.29 is 23.9 Å². The number of carbonyl (C=O) groups is 3. The van der Waals surface area contributed by atoms with Gasteiger partial charge < -0.3 is 20.1 Å². The number of benzene rings is 1. The second-order valence-corrected chi connectivity index (χ2v) is 6.33. The molecule has 2 amide bonds. The maximum absolute atomic E-state index is 12.5. The number of hydrogen-bond donors (Lipinski definition) is 3. The van der Waals surface area contributed by atoms with E-state index in [2.05, 4.69) is 20.7 Å². The molecule has 1 aliphatic rings. The molecule has 0 aromatic heterocycles. The number of nitrogens with one attached hydrogen (secondary N) is 3. The summed E-state index contributed by atoms with van der Waals surface area (Å²) in [5.74, 6) is -1.48. The zero-order valence-corrected chi connectivity index (χ0v) is 16.3. The van der Waals surface area contributed by atoms with Gasteiger partial charge in [0.2, 0.25) is 5.91 Å². The molecule has 0 aliphatic carbocycles. The third-order valence-electron chi connectivity index (χ3n) is 3.83. The number of esters is 1. The van der Waals surface area contributed by atoms with E-state index in [0.717, 1.165) is 31.6 Å². The lowest BCUT2D eigenvalue weighted by molar-refractivity contribution is -0.137. The lowest BCUT2D eigenvalue weighted by Crippen LogP contribution is -2.35. The summed E-state index contributed by atoms with van der Waals surface area (Å²) in [6.45, 7) is 3.04. The average molecular weight is 405 g/mol. The summed E-state index contributed by atoms with van der Waals surface area (Å²) in [6.07, 6.45) is 3.99. The fourth-order valence-electron chi connectivity index (χ4n) is 2.54. The number of para-hydroxylation sites is 1. The highest BCUT2D eigenvalue weighted by Crippen LogP contribution is 2.16. The van der Waals surface area contributed by atoms with Gasteiger partial charge in [-0.3, -0.25) is 14.9 Å². The molecule has 1 fully saturated rings. The van der Waals surface area contributed by atoms with Crippen LogP contribution in [0.1, 0.15) is 30.1 Å². The van der Waals surface area contributed by atoms with Crippen LogP contribution in [0.25, 0.3) is 0 Å². The minimum atomic E-state index is -0.621. The molecule has 8 nitrogen and oxygen atoms in total. The van der Waals surface area contributed by atoms with Gasteiger partial charge in [-0.15, -0.1) is 0 Å². The lowest BCUT2D eigenvalue weighted by Gasteiger charge is -2.14. The number of rotatable bonds is 7. The second-order valence-electron chi connectivity index (χ2n) is 5.92.